The van der Waals surface area contributed by atoms with Crippen molar-refractivity contribution >= 4 is 11.8 Å². The molecular weight excluding hydrogens is 420 g/mol. The van der Waals surface area contributed by atoms with Crippen LogP contribution in [0, 0.1) is 5.92 Å². The number of fused-ring (bicyclic) bond motifs is 1. The van der Waals surface area contributed by atoms with Crippen LogP contribution < -0.4 is 10.1 Å². The van der Waals surface area contributed by atoms with Gasteiger partial charge in [0, 0.05) is 25.0 Å². The fourth-order valence-corrected chi connectivity index (χ4v) is 5.21. The highest BCUT2D eigenvalue weighted by molar-refractivity contribution is 5.93. The van der Waals surface area contributed by atoms with Gasteiger partial charge in [0.05, 0.1) is 32.3 Å². The third-order valence-corrected chi connectivity index (χ3v) is 7.27. The number of rotatable bonds is 5. The molecule has 1 aliphatic carbocycles. The van der Waals surface area contributed by atoms with Crippen molar-refractivity contribution in [2.24, 2.45) is 5.92 Å². The van der Waals surface area contributed by atoms with Crippen molar-refractivity contribution in [1.29, 1.82) is 0 Å². The quantitative estimate of drug-likeness (QED) is 0.754. The predicted octanol–water partition coefficient (Wildman–Crippen LogP) is 3.07. The fourth-order valence-electron chi connectivity index (χ4n) is 5.21. The maximum atomic E-state index is 13.2. The summed E-state index contributed by atoms with van der Waals surface area (Å²) in [7, 11) is 1.65. The summed E-state index contributed by atoms with van der Waals surface area (Å²) in [5.74, 6) is 0.904. The van der Waals surface area contributed by atoms with Crippen LogP contribution in [-0.2, 0) is 22.7 Å². The fraction of sp³-hybridized carbons (Fsp3) is 0.560. The summed E-state index contributed by atoms with van der Waals surface area (Å²) in [6.45, 7) is 2.13. The number of nitrogens with one attached hydrogen (secondary N) is 1. The highest BCUT2D eigenvalue weighted by atomic mass is 16.5. The number of ether oxygens (including phenoxy) is 2. The minimum Gasteiger partial charge on any atom is -0.497 e. The number of carbonyl (C=O) groups is 2. The normalized spacial score (nSPS) is 21.6. The lowest BCUT2D eigenvalue weighted by atomic mass is 9.95. The van der Waals surface area contributed by atoms with Gasteiger partial charge in [-0.15, -0.1) is 0 Å². The largest absolute Gasteiger partial charge is 0.497 e. The maximum Gasteiger partial charge on any atom is 0.274 e. The van der Waals surface area contributed by atoms with E-state index in [1.54, 1.807) is 13.4 Å². The molecule has 1 saturated carbocycles. The van der Waals surface area contributed by atoms with E-state index in [4.69, 9.17) is 9.47 Å². The number of likely N-dealkylation sites (tertiary alicyclic amines) is 1. The van der Waals surface area contributed by atoms with Crippen LogP contribution in [-0.4, -0.2) is 52.5 Å². The van der Waals surface area contributed by atoms with Gasteiger partial charge in [0.1, 0.15) is 11.9 Å². The molecule has 2 amide bonds. The molecule has 1 aromatic carbocycles. The minimum absolute atomic E-state index is 0.000787. The van der Waals surface area contributed by atoms with Gasteiger partial charge in [-0.3, -0.25) is 9.59 Å². The van der Waals surface area contributed by atoms with Crippen molar-refractivity contribution in [2.45, 2.75) is 63.8 Å². The van der Waals surface area contributed by atoms with E-state index in [0.29, 0.717) is 50.8 Å². The van der Waals surface area contributed by atoms with Gasteiger partial charge < -0.3 is 24.3 Å². The SMILES string of the molecule is COc1ccc(C2Cn3cnc(C(=O)N4CCC(C(=O)NC5CCCC5)CC4)c3CO2)cc1. The average molecular weight is 453 g/mol. The van der Waals surface area contributed by atoms with Gasteiger partial charge in [0.2, 0.25) is 5.91 Å². The Morgan fingerprint density at radius 2 is 1.82 bits per heavy atom. The van der Waals surface area contributed by atoms with Crippen molar-refractivity contribution in [3.63, 3.8) is 0 Å². The summed E-state index contributed by atoms with van der Waals surface area (Å²) >= 11 is 0. The number of benzene rings is 1. The summed E-state index contributed by atoms with van der Waals surface area (Å²) in [5.41, 5.74) is 2.36. The maximum absolute atomic E-state index is 13.2. The molecule has 2 fully saturated rings. The summed E-state index contributed by atoms with van der Waals surface area (Å²) in [4.78, 5) is 32.0. The van der Waals surface area contributed by atoms with Gasteiger partial charge in [-0.05, 0) is 43.4 Å². The van der Waals surface area contributed by atoms with Crippen molar-refractivity contribution in [3.8, 4) is 5.75 Å². The van der Waals surface area contributed by atoms with E-state index in [1.165, 1.54) is 12.8 Å². The van der Waals surface area contributed by atoms with Crippen LogP contribution in [0.4, 0.5) is 0 Å². The van der Waals surface area contributed by atoms with Gasteiger partial charge in [-0.2, -0.15) is 0 Å². The monoisotopic (exact) mass is 452 g/mol. The van der Waals surface area contributed by atoms with E-state index in [2.05, 4.69) is 10.3 Å². The first-order valence-electron chi connectivity index (χ1n) is 12.0. The molecular formula is C25H32N4O4. The lowest BCUT2D eigenvalue weighted by molar-refractivity contribution is -0.127. The van der Waals surface area contributed by atoms with Gasteiger partial charge in [0.25, 0.3) is 5.91 Å². The third-order valence-electron chi connectivity index (χ3n) is 7.27. The second-order valence-corrected chi connectivity index (χ2v) is 9.32. The first-order chi connectivity index (χ1) is 16.1. The highest BCUT2D eigenvalue weighted by Crippen LogP contribution is 2.30. The Kier molecular flexibility index (Phi) is 6.35. The molecule has 2 aromatic rings. The first-order valence-corrected chi connectivity index (χ1v) is 12.0. The lowest BCUT2D eigenvalue weighted by Crippen LogP contribution is -2.45. The molecule has 1 atom stereocenters. The van der Waals surface area contributed by atoms with Gasteiger partial charge in [-0.25, -0.2) is 4.98 Å². The number of aromatic nitrogens is 2. The smallest absolute Gasteiger partial charge is 0.274 e. The van der Waals surface area contributed by atoms with E-state index in [9.17, 15) is 9.59 Å². The van der Waals surface area contributed by atoms with Crippen LogP contribution in [0.5, 0.6) is 5.75 Å². The highest BCUT2D eigenvalue weighted by Gasteiger charge is 2.33. The number of imidazole rings is 1. The van der Waals surface area contributed by atoms with Gasteiger partial charge >= 0.3 is 0 Å². The molecule has 8 nitrogen and oxygen atoms in total. The first kappa shape index (κ1) is 21.9. The average Bonchev–Trinajstić information content (AvgIpc) is 3.53. The zero-order valence-electron chi connectivity index (χ0n) is 19.2. The number of nitrogens with zero attached hydrogens (tertiary/aromatic N) is 3. The van der Waals surface area contributed by atoms with Crippen LogP contribution in [0.3, 0.4) is 0 Å². The molecule has 1 saturated heterocycles. The standard InChI is InChI=1S/C25H32N4O4/c1-32-20-8-6-17(7-9-20)22-14-29-16-26-23(21(29)15-33-22)25(31)28-12-10-18(11-13-28)24(30)27-19-4-2-3-5-19/h6-9,16,18-19,22H,2-5,10-15H2,1H3,(H,27,30). The Labute approximate surface area is 194 Å². The summed E-state index contributed by atoms with van der Waals surface area (Å²) in [6.07, 6.45) is 7.66. The molecule has 0 bridgehead atoms. The van der Waals surface area contributed by atoms with Gasteiger partial charge in [-0.1, -0.05) is 25.0 Å². The molecule has 1 N–H and O–H groups in total. The van der Waals surface area contributed by atoms with E-state index in [-0.39, 0.29) is 23.8 Å². The molecule has 8 heteroatoms. The molecule has 1 unspecified atom stereocenters. The summed E-state index contributed by atoms with van der Waals surface area (Å²) in [6, 6.07) is 8.20. The molecule has 0 spiro atoms. The third kappa shape index (κ3) is 4.62. The van der Waals surface area contributed by atoms with Crippen LogP contribution in [0.25, 0.3) is 0 Å². The van der Waals surface area contributed by atoms with Crippen molar-refractivity contribution in [2.75, 3.05) is 20.2 Å². The molecule has 176 valence electrons. The Morgan fingerprint density at radius 1 is 1.09 bits per heavy atom. The van der Waals surface area contributed by atoms with Crippen LogP contribution in [0.2, 0.25) is 0 Å². The Morgan fingerprint density at radius 3 is 2.52 bits per heavy atom. The van der Waals surface area contributed by atoms with Crippen molar-refractivity contribution in [3.05, 3.63) is 47.5 Å². The minimum atomic E-state index is -0.0883. The zero-order chi connectivity index (χ0) is 22.8. The Hall–Kier alpha value is -2.87. The predicted molar refractivity (Wildman–Crippen MR) is 122 cm³/mol. The van der Waals surface area contributed by atoms with E-state index in [0.717, 1.165) is 29.8 Å². The Bertz CT molecular complexity index is 988. The Balaban J connectivity index is 1.18. The lowest BCUT2D eigenvalue weighted by Gasteiger charge is -2.32. The number of hydrogen-bond acceptors (Lipinski definition) is 5. The second-order valence-electron chi connectivity index (χ2n) is 9.32. The number of hydrogen-bond donors (Lipinski definition) is 1. The summed E-state index contributed by atoms with van der Waals surface area (Å²) < 4.78 is 13.3. The molecule has 33 heavy (non-hydrogen) atoms. The van der Waals surface area contributed by atoms with Gasteiger partial charge in [0.15, 0.2) is 5.69 Å². The molecule has 5 rings (SSSR count). The molecule has 3 aliphatic rings. The molecule has 3 heterocycles. The molecule has 1 aromatic heterocycles. The van der Waals surface area contributed by atoms with E-state index in [1.807, 2.05) is 33.7 Å². The number of amides is 2. The topological polar surface area (TPSA) is 85.7 Å². The summed E-state index contributed by atoms with van der Waals surface area (Å²) in [5, 5.41) is 3.20. The van der Waals surface area contributed by atoms with Crippen molar-refractivity contribution < 1.29 is 19.1 Å². The van der Waals surface area contributed by atoms with Crippen LogP contribution in [0.1, 0.15) is 66.4 Å². The number of piperidine rings is 1. The molecule has 2 aliphatic heterocycles. The van der Waals surface area contributed by atoms with Crippen LogP contribution in [0.15, 0.2) is 30.6 Å². The number of carbonyl (C=O) groups excluding carboxylic acids is 2. The molecule has 0 radical (unpaired) electrons. The second kappa shape index (κ2) is 9.55. The zero-order valence-corrected chi connectivity index (χ0v) is 19.2. The van der Waals surface area contributed by atoms with E-state index >= 15 is 0 Å². The van der Waals surface area contributed by atoms with E-state index < -0.39 is 0 Å². The number of methoxy groups -OCH3 is 1. The van der Waals surface area contributed by atoms with Crippen LogP contribution >= 0.6 is 0 Å². The van der Waals surface area contributed by atoms with Crippen molar-refractivity contribution in [1.82, 2.24) is 19.8 Å².